The molecule has 0 amide bonds. The minimum Gasteiger partial charge on any atom is -0.420 e. The van der Waals surface area contributed by atoms with Crippen LogP contribution in [0, 0.1) is 0 Å². The summed E-state index contributed by atoms with van der Waals surface area (Å²) in [6.07, 6.45) is -1.10. The van der Waals surface area contributed by atoms with Crippen LogP contribution in [-0.2, 0) is 38.5 Å². The van der Waals surface area contributed by atoms with Crippen LogP contribution in [0.5, 0.6) is 0 Å². The van der Waals surface area contributed by atoms with Crippen LogP contribution < -0.4 is 0 Å². The van der Waals surface area contributed by atoms with Gasteiger partial charge in [0.2, 0.25) is 0 Å². The molecule has 0 N–H and O–H groups in total. The zero-order chi connectivity index (χ0) is 15.6. The molecule has 1 aliphatic rings. The van der Waals surface area contributed by atoms with E-state index in [1.165, 1.54) is 0 Å². The number of carbonyl (C=O) groups excluding carboxylic acids is 4. The van der Waals surface area contributed by atoms with Crippen molar-refractivity contribution in [3.05, 3.63) is 0 Å². The van der Waals surface area contributed by atoms with Gasteiger partial charge in [-0.3, -0.25) is 19.2 Å². The quantitative estimate of drug-likeness (QED) is 0.353. The van der Waals surface area contributed by atoms with Gasteiger partial charge in [0.1, 0.15) is 35.9 Å². The molecule has 0 aromatic heterocycles. The summed E-state index contributed by atoms with van der Waals surface area (Å²) in [5.74, 6) is -6.17. The Labute approximate surface area is 115 Å². The first-order valence-electron chi connectivity index (χ1n) is 5.66. The third kappa shape index (κ3) is 4.72. The monoisotopic (exact) mass is 306 g/mol. The molecule has 1 rings (SSSR count). The summed E-state index contributed by atoms with van der Waals surface area (Å²) in [6, 6.07) is 0. The lowest BCUT2D eigenvalue weighted by Crippen LogP contribution is -2.60. The lowest BCUT2D eigenvalue weighted by molar-refractivity contribution is -0.217. The Morgan fingerprint density at radius 2 is 1.25 bits per heavy atom. The van der Waals surface area contributed by atoms with E-state index in [9.17, 15) is 27.6 Å². The van der Waals surface area contributed by atoms with Crippen molar-refractivity contribution >= 4 is 33.3 Å². The van der Waals surface area contributed by atoms with E-state index >= 15 is 0 Å². The fraction of sp³-hybridized carbons (Fsp3) is 0.636. The minimum absolute atomic E-state index is 0.470. The molecule has 1 heterocycles. The van der Waals surface area contributed by atoms with Crippen molar-refractivity contribution in [2.75, 3.05) is 11.5 Å². The molecular formula is C11H14O8S. The summed E-state index contributed by atoms with van der Waals surface area (Å²) < 4.78 is 31.9. The molecule has 112 valence electrons. The Bertz CT molecular complexity index is 515. The van der Waals surface area contributed by atoms with Crippen molar-refractivity contribution in [1.82, 2.24) is 0 Å². The summed E-state index contributed by atoms with van der Waals surface area (Å²) in [6.45, 7) is 2.32. The van der Waals surface area contributed by atoms with Gasteiger partial charge in [0.15, 0.2) is 9.84 Å². The predicted octanol–water partition coefficient (Wildman–Crippen LogP) is -0.844. The molecule has 0 atom stereocenters. The Kier molecular flexibility index (Phi) is 4.64. The van der Waals surface area contributed by atoms with E-state index in [2.05, 4.69) is 0 Å². The van der Waals surface area contributed by atoms with Crippen molar-refractivity contribution in [3.8, 4) is 0 Å². The summed E-state index contributed by atoms with van der Waals surface area (Å²) in [5, 5.41) is 0. The molecule has 9 heteroatoms. The van der Waals surface area contributed by atoms with Gasteiger partial charge in [-0.15, -0.1) is 0 Å². The van der Waals surface area contributed by atoms with Crippen LogP contribution in [0.3, 0.4) is 0 Å². The molecular weight excluding hydrogens is 292 g/mol. The zero-order valence-corrected chi connectivity index (χ0v) is 11.8. The molecule has 0 aliphatic carbocycles. The van der Waals surface area contributed by atoms with Crippen molar-refractivity contribution in [2.24, 2.45) is 0 Å². The van der Waals surface area contributed by atoms with E-state index in [0.717, 1.165) is 13.8 Å². The summed E-state index contributed by atoms with van der Waals surface area (Å²) in [4.78, 5) is 44.3. The number of Topliss-reactive ketones (excluding diaryl/α,β-unsaturated/α-hetero) is 2. The van der Waals surface area contributed by atoms with Crippen LogP contribution in [0.25, 0.3) is 0 Å². The summed E-state index contributed by atoms with van der Waals surface area (Å²) in [5.41, 5.74) is 0. The van der Waals surface area contributed by atoms with E-state index < -0.39 is 63.5 Å². The van der Waals surface area contributed by atoms with E-state index in [1.807, 2.05) is 0 Å². The van der Waals surface area contributed by atoms with Gasteiger partial charge in [0.05, 0.1) is 0 Å². The number of hydrogen-bond donors (Lipinski definition) is 0. The Morgan fingerprint density at radius 3 is 1.50 bits per heavy atom. The summed E-state index contributed by atoms with van der Waals surface area (Å²) in [7, 11) is -3.46. The second-order valence-electron chi connectivity index (χ2n) is 4.65. The molecule has 20 heavy (non-hydrogen) atoms. The maximum atomic E-state index is 11.4. The topological polar surface area (TPSA) is 121 Å². The van der Waals surface area contributed by atoms with Gasteiger partial charge in [-0.2, -0.15) is 0 Å². The smallest absolute Gasteiger partial charge is 0.316 e. The molecule has 8 nitrogen and oxygen atoms in total. The van der Waals surface area contributed by atoms with Gasteiger partial charge in [-0.05, 0) is 13.8 Å². The average Bonchev–Trinajstić information content (AvgIpc) is 2.09. The van der Waals surface area contributed by atoms with Crippen molar-refractivity contribution < 1.29 is 37.1 Å². The normalized spacial score (nSPS) is 18.5. The maximum Gasteiger partial charge on any atom is 0.316 e. The lowest BCUT2D eigenvalue weighted by atomic mass is 10.3. The zero-order valence-electron chi connectivity index (χ0n) is 11.0. The van der Waals surface area contributed by atoms with Crippen LogP contribution in [0.4, 0.5) is 0 Å². The fourth-order valence-electron chi connectivity index (χ4n) is 1.66. The molecule has 0 spiro atoms. The molecule has 1 fully saturated rings. The first-order chi connectivity index (χ1) is 9.03. The van der Waals surface area contributed by atoms with Gasteiger partial charge in [0.25, 0.3) is 5.79 Å². The number of sulfone groups is 1. The number of ether oxygens (including phenoxy) is 2. The molecule has 1 saturated heterocycles. The highest BCUT2D eigenvalue weighted by molar-refractivity contribution is 7.93. The predicted molar refractivity (Wildman–Crippen MR) is 64.2 cm³/mol. The van der Waals surface area contributed by atoms with E-state index in [-0.39, 0.29) is 0 Å². The van der Waals surface area contributed by atoms with Crippen molar-refractivity contribution in [3.63, 3.8) is 0 Å². The number of hydrogen-bond acceptors (Lipinski definition) is 8. The van der Waals surface area contributed by atoms with Gasteiger partial charge in [-0.1, -0.05) is 0 Å². The maximum absolute atomic E-state index is 11.4. The van der Waals surface area contributed by atoms with Crippen LogP contribution in [0.2, 0.25) is 0 Å². The minimum atomic E-state index is -3.46. The second kappa shape index (κ2) is 5.70. The fourth-order valence-corrected chi connectivity index (χ4v) is 3.15. The van der Waals surface area contributed by atoms with Gasteiger partial charge >= 0.3 is 11.9 Å². The average molecular weight is 306 g/mol. The molecule has 0 saturated carbocycles. The standard InChI is InChI=1S/C11H14O8S/c1-7(12)3-9(14)18-11(5-20(16,17)6-11)19-10(15)4-8(2)13/h3-6H2,1-2H3. The summed E-state index contributed by atoms with van der Waals surface area (Å²) >= 11 is 0. The van der Waals surface area contributed by atoms with Crippen molar-refractivity contribution in [1.29, 1.82) is 0 Å². The third-order valence-corrected chi connectivity index (χ3v) is 4.03. The molecule has 0 bridgehead atoms. The Hall–Kier alpha value is -1.77. The molecule has 0 aromatic carbocycles. The van der Waals surface area contributed by atoms with E-state index in [1.54, 1.807) is 0 Å². The molecule has 1 aliphatic heterocycles. The Morgan fingerprint density at radius 1 is 0.900 bits per heavy atom. The molecule has 0 aromatic rings. The molecule has 0 unspecified atom stereocenters. The number of ketones is 2. The van der Waals surface area contributed by atoms with Crippen LogP contribution in [-0.4, -0.2) is 49.2 Å². The third-order valence-electron chi connectivity index (χ3n) is 2.27. The highest BCUT2D eigenvalue weighted by atomic mass is 32.2. The van der Waals surface area contributed by atoms with Crippen LogP contribution >= 0.6 is 0 Å². The van der Waals surface area contributed by atoms with Gasteiger partial charge < -0.3 is 9.47 Å². The van der Waals surface area contributed by atoms with Gasteiger partial charge in [0, 0.05) is 0 Å². The van der Waals surface area contributed by atoms with Gasteiger partial charge in [-0.25, -0.2) is 8.42 Å². The first-order valence-corrected chi connectivity index (χ1v) is 7.49. The molecule has 0 radical (unpaired) electrons. The van der Waals surface area contributed by atoms with Crippen LogP contribution in [0.15, 0.2) is 0 Å². The number of rotatable bonds is 6. The number of carbonyl (C=O) groups is 4. The van der Waals surface area contributed by atoms with Crippen molar-refractivity contribution in [2.45, 2.75) is 32.5 Å². The second-order valence-corrected chi connectivity index (χ2v) is 6.71. The Balaban J connectivity index is 2.74. The lowest BCUT2D eigenvalue weighted by Gasteiger charge is -2.38. The largest absolute Gasteiger partial charge is 0.420 e. The SMILES string of the molecule is CC(=O)CC(=O)OC1(OC(=O)CC(C)=O)CS(=O)(=O)C1. The highest BCUT2D eigenvalue weighted by Gasteiger charge is 2.55. The van der Waals surface area contributed by atoms with Crippen LogP contribution in [0.1, 0.15) is 26.7 Å². The number of esters is 2. The van der Waals surface area contributed by atoms with E-state index in [4.69, 9.17) is 9.47 Å². The first kappa shape index (κ1) is 16.3. The highest BCUT2D eigenvalue weighted by Crippen LogP contribution is 2.30. The van der Waals surface area contributed by atoms with E-state index in [0.29, 0.717) is 0 Å².